The number of benzene rings is 1. The van der Waals surface area contributed by atoms with Crippen LogP contribution in [0.1, 0.15) is 29.3 Å². The van der Waals surface area contributed by atoms with E-state index in [1.54, 1.807) is 15.9 Å². The van der Waals surface area contributed by atoms with Crippen molar-refractivity contribution in [2.24, 2.45) is 11.7 Å². The molecule has 0 unspecified atom stereocenters. The average Bonchev–Trinajstić information content (AvgIpc) is 3.00. The molecule has 7 heteroatoms. The Labute approximate surface area is 165 Å². The normalized spacial score (nSPS) is 16.4. The molecule has 0 fully saturated rings. The van der Waals surface area contributed by atoms with Gasteiger partial charge in [-0.2, -0.15) is 0 Å². The van der Waals surface area contributed by atoms with Crippen LogP contribution in [0, 0.1) is 5.92 Å². The average molecular weight is 400 g/mol. The largest absolute Gasteiger partial charge is 0.369 e. The zero-order valence-electron chi connectivity index (χ0n) is 15.1. The number of nitrogens with zero attached hydrogens (tertiary/aromatic N) is 2. The summed E-state index contributed by atoms with van der Waals surface area (Å²) in [5.41, 5.74) is 7.51. The molecular formula is C20H21N3O2S2. The molecule has 2 heterocycles. The maximum atomic E-state index is 13.4. The number of rotatable bonds is 5. The number of aromatic nitrogens is 2. The lowest BCUT2D eigenvalue weighted by molar-refractivity contribution is -0.115. The van der Waals surface area contributed by atoms with Crippen LogP contribution < -0.4 is 11.3 Å². The van der Waals surface area contributed by atoms with Gasteiger partial charge in [0.05, 0.1) is 17.7 Å². The molecule has 0 saturated carbocycles. The third-order valence-electron chi connectivity index (χ3n) is 4.91. The van der Waals surface area contributed by atoms with Crippen LogP contribution in [0.4, 0.5) is 0 Å². The van der Waals surface area contributed by atoms with E-state index in [9.17, 15) is 9.59 Å². The first-order chi connectivity index (χ1) is 13.0. The summed E-state index contributed by atoms with van der Waals surface area (Å²) in [5.74, 6) is 0.329. The van der Waals surface area contributed by atoms with Crippen molar-refractivity contribution in [1.29, 1.82) is 0 Å². The van der Waals surface area contributed by atoms with Gasteiger partial charge in [0, 0.05) is 4.88 Å². The number of hydrogen-bond acceptors (Lipinski definition) is 5. The topological polar surface area (TPSA) is 78.0 Å². The van der Waals surface area contributed by atoms with Gasteiger partial charge in [-0.3, -0.25) is 14.2 Å². The Kier molecular flexibility index (Phi) is 5.06. The van der Waals surface area contributed by atoms with Gasteiger partial charge in [0.2, 0.25) is 5.91 Å². The zero-order chi connectivity index (χ0) is 19.0. The molecule has 4 rings (SSSR count). The Hall–Kier alpha value is -2.12. The number of primary amides is 1. The Balaban J connectivity index is 1.86. The molecule has 0 spiro atoms. The van der Waals surface area contributed by atoms with Crippen LogP contribution in [-0.4, -0.2) is 21.2 Å². The molecule has 1 amide bonds. The molecule has 1 aliphatic rings. The number of nitrogens with two attached hydrogens (primary N) is 1. The summed E-state index contributed by atoms with van der Waals surface area (Å²) < 4.78 is 1.69. The van der Waals surface area contributed by atoms with Gasteiger partial charge in [-0.1, -0.05) is 49.0 Å². The monoisotopic (exact) mass is 399 g/mol. The van der Waals surface area contributed by atoms with Crippen molar-refractivity contribution in [1.82, 2.24) is 9.55 Å². The van der Waals surface area contributed by atoms with E-state index in [1.807, 2.05) is 30.3 Å². The minimum atomic E-state index is -0.417. The van der Waals surface area contributed by atoms with Crippen LogP contribution in [0.3, 0.4) is 0 Å². The highest BCUT2D eigenvalue weighted by molar-refractivity contribution is 7.99. The first-order valence-corrected chi connectivity index (χ1v) is 10.8. The number of aryl methyl sites for hydroxylation is 1. The number of carbonyl (C=O) groups is 1. The van der Waals surface area contributed by atoms with E-state index < -0.39 is 5.91 Å². The van der Waals surface area contributed by atoms with Gasteiger partial charge in [-0.25, -0.2) is 4.98 Å². The second-order valence-corrected chi connectivity index (χ2v) is 9.08. The molecule has 0 saturated heterocycles. The summed E-state index contributed by atoms with van der Waals surface area (Å²) in [7, 11) is 0. The number of hydrogen-bond donors (Lipinski definition) is 1. The second-order valence-electron chi connectivity index (χ2n) is 7.06. The maximum absolute atomic E-state index is 13.4. The Morgan fingerprint density at radius 1 is 1.37 bits per heavy atom. The van der Waals surface area contributed by atoms with Crippen molar-refractivity contribution in [3.8, 4) is 0 Å². The molecule has 0 bridgehead atoms. The summed E-state index contributed by atoms with van der Waals surface area (Å²) in [5, 5.41) is 1.32. The number of carbonyl (C=O) groups excluding carboxylic acids is 1. The van der Waals surface area contributed by atoms with Gasteiger partial charge in [-0.05, 0) is 36.3 Å². The molecule has 3 aromatic rings. The molecular weight excluding hydrogens is 378 g/mol. The molecule has 140 valence electrons. The third-order valence-corrected chi connectivity index (χ3v) is 7.05. The SMILES string of the molecule is C[C@H]1CCc2c(sc3nc(SCC(N)=O)n(Cc4ccccc4)c(=O)c23)C1. The van der Waals surface area contributed by atoms with E-state index in [0.29, 0.717) is 17.6 Å². The molecule has 0 radical (unpaired) electrons. The fourth-order valence-corrected chi connectivity index (χ4v) is 5.72. The smallest absolute Gasteiger partial charge is 0.263 e. The third kappa shape index (κ3) is 3.66. The highest BCUT2D eigenvalue weighted by atomic mass is 32.2. The van der Waals surface area contributed by atoms with E-state index in [2.05, 4.69) is 6.92 Å². The maximum Gasteiger partial charge on any atom is 0.263 e. The Morgan fingerprint density at radius 3 is 2.89 bits per heavy atom. The predicted molar refractivity (Wildman–Crippen MR) is 111 cm³/mol. The summed E-state index contributed by atoms with van der Waals surface area (Å²) in [4.78, 5) is 31.5. The van der Waals surface area contributed by atoms with Crippen molar-refractivity contribution in [2.45, 2.75) is 37.9 Å². The quantitative estimate of drug-likeness (QED) is 0.528. The van der Waals surface area contributed by atoms with Gasteiger partial charge in [0.15, 0.2) is 5.16 Å². The molecule has 2 N–H and O–H groups in total. The molecule has 1 aliphatic carbocycles. The minimum Gasteiger partial charge on any atom is -0.369 e. The van der Waals surface area contributed by atoms with Crippen LogP contribution in [0.25, 0.3) is 10.2 Å². The van der Waals surface area contributed by atoms with Crippen molar-refractivity contribution in [3.63, 3.8) is 0 Å². The van der Waals surface area contributed by atoms with Gasteiger partial charge in [-0.15, -0.1) is 11.3 Å². The van der Waals surface area contributed by atoms with Gasteiger partial charge in [0.25, 0.3) is 5.56 Å². The molecule has 2 aromatic heterocycles. The molecule has 1 atom stereocenters. The zero-order valence-corrected chi connectivity index (χ0v) is 16.7. The van der Waals surface area contributed by atoms with Gasteiger partial charge >= 0.3 is 0 Å². The van der Waals surface area contributed by atoms with E-state index >= 15 is 0 Å². The predicted octanol–water partition coefficient (Wildman–Crippen LogP) is 3.21. The number of thioether (sulfide) groups is 1. The number of amides is 1. The van der Waals surface area contributed by atoms with Crippen LogP contribution in [0.5, 0.6) is 0 Å². The summed E-state index contributed by atoms with van der Waals surface area (Å²) in [6.07, 6.45) is 3.06. The standard InChI is InChI=1S/C20H21N3O2S2/c1-12-7-8-14-15(9-12)27-18-17(14)19(25)23(10-13-5-3-2-4-6-13)20(22-18)26-11-16(21)24/h2-6,12H,7-11H2,1H3,(H2,21,24)/t12-/m0/s1. The highest BCUT2D eigenvalue weighted by Crippen LogP contribution is 2.36. The number of thiophene rings is 1. The lowest BCUT2D eigenvalue weighted by Crippen LogP contribution is -2.25. The van der Waals surface area contributed by atoms with Gasteiger partial charge < -0.3 is 5.73 Å². The first-order valence-electron chi connectivity index (χ1n) is 9.03. The lowest BCUT2D eigenvalue weighted by atomic mass is 9.89. The summed E-state index contributed by atoms with van der Waals surface area (Å²) >= 11 is 2.86. The van der Waals surface area contributed by atoms with Crippen LogP contribution >= 0.6 is 23.1 Å². The second kappa shape index (κ2) is 7.48. The molecule has 5 nitrogen and oxygen atoms in total. The fourth-order valence-electron chi connectivity index (χ4n) is 3.56. The number of fused-ring (bicyclic) bond motifs is 3. The van der Waals surface area contributed by atoms with E-state index in [1.165, 1.54) is 22.2 Å². The van der Waals surface area contributed by atoms with Crippen molar-refractivity contribution in [3.05, 3.63) is 56.7 Å². The highest BCUT2D eigenvalue weighted by Gasteiger charge is 2.24. The van der Waals surface area contributed by atoms with Crippen LogP contribution in [-0.2, 0) is 24.2 Å². The molecule has 1 aromatic carbocycles. The summed E-state index contributed by atoms with van der Waals surface area (Å²) in [6.45, 7) is 2.69. The Bertz CT molecular complexity index is 1060. The fraction of sp³-hybridized carbons (Fsp3) is 0.350. The van der Waals surface area contributed by atoms with Crippen LogP contribution in [0.15, 0.2) is 40.3 Å². The van der Waals surface area contributed by atoms with E-state index in [4.69, 9.17) is 10.7 Å². The van der Waals surface area contributed by atoms with Crippen molar-refractivity contribution in [2.75, 3.05) is 5.75 Å². The summed E-state index contributed by atoms with van der Waals surface area (Å²) in [6, 6.07) is 9.84. The molecule has 0 aliphatic heterocycles. The van der Waals surface area contributed by atoms with E-state index in [0.717, 1.165) is 35.0 Å². The Morgan fingerprint density at radius 2 is 2.15 bits per heavy atom. The first kappa shape index (κ1) is 18.3. The lowest BCUT2D eigenvalue weighted by Gasteiger charge is -2.17. The minimum absolute atomic E-state index is 0.0112. The van der Waals surface area contributed by atoms with Gasteiger partial charge in [0.1, 0.15) is 4.83 Å². The molecule has 27 heavy (non-hydrogen) atoms. The van der Waals surface area contributed by atoms with Crippen LogP contribution in [0.2, 0.25) is 0 Å². The van der Waals surface area contributed by atoms with Crippen molar-refractivity contribution >= 4 is 39.2 Å². The van der Waals surface area contributed by atoms with E-state index in [-0.39, 0.29) is 11.3 Å². The van der Waals surface area contributed by atoms with Crippen molar-refractivity contribution < 1.29 is 4.79 Å².